The molecule has 1 rings (SSSR count). The molecule has 0 aliphatic heterocycles. The first-order valence-electron chi connectivity index (χ1n) is 4.40. The van der Waals surface area contributed by atoms with Gasteiger partial charge in [0.15, 0.2) is 0 Å². The maximum atomic E-state index is 12.2. The standard InChI is InChI=1S/C9H11F3N2O/c1-6(15)4-13-8-3-2-7(5-14-8)9(10,11)12/h2-3,5-6,15H,4H2,1H3,(H,13,14)/p+1/t6-/m1/s1. The van der Waals surface area contributed by atoms with Crippen molar-refractivity contribution >= 4 is 5.82 Å². The van der Waals surface area contributed by atoms with Gasteiger partial charge in [0.25, 0.3) is 5.82 Å². The molecule has 0 unspecified atom stereocenters. The maximum Gasteiger partial charge on any atom is 0.419 e. The van der Waals surface area contributed by atoms with E-state index in [9.17, 15) is 13.2 Å². The second kappa shape index (κ2) is 4.48. The van der Waals surface area contributed by atoms with E-state index < -0.39 is 17.8 Å². The zero-order valence-electron chi connectivity index (χ0n) is 8.10. The minimum Gasteiger partial charge on any atom is -0.389 e. The molecule has 0 aromatic carbocycles. The summed E-state index contributed by atoms with van der Waals surface area (Å²) in [6.45, 7) is 1.86. The van der Waals surface area contributed by atoms with Gasteiger partial charge in [-0.15, -0.1) is 0 Å². The molecule has 6 heteroatoms. The molecule has 0 aliphatic rings. The van der Waals surface area contributed by atoms with E-state index in [0.29, 0.717) is 5.82 Å². The molecule has 1 atom stereocenters. The number of aromatic amines is 1. The molecule has 0 amide bonds. The smallest absolute Gasteiger partial charge is 0.389 e. The maximum absolute atomic E-state index is 12.2. The Balaban J connectivity index is 2.65. The largest absolute Gasteiger partial charge is 0.419 e. The number of aliphatic hydroxyl groups is 1. The molecule has 3 nitrogen and oxygen atoms in total. The molecule has 0 spiro atoms. The number of aliphatic hydroxyl groups excluding tert-OH is 1. The van der Waals surface area contributed by atoms with Gasteiger partial charge in [0.2, 0.25) is 0 Å². The van der Waals surface area contributed by atoms with Gasteiger partial charge in [-0.05, 0) is 13.0 Å². The molecule has 84 valence electrons. The Kier molecular flexibility index (Phi) is 3.52. The van der Waals surface area contributed by atoms with Gasteiger partial charge in [-0.25, -0.2) is 4.98 Å². The molecule has 3 N–H and O–H groups in total. The highest BCUT2D eigenvalue weighted by atomic mass is 19.4. The molecule has 1 aromatic heterocycles. The van der Waals surface area contributed by atoms with Crippen molar-refractivity contribution in [2.24, 2.45) is 0 Å². The first-order valence-corrected chi connectivity index (χ1v) is 4.40. The van der Waals surface area contributed by atoms with Crippen molar-refractivity contribution in [2.45, 2.75) is 19.2 Å². The molecular weight excluding hydrogens is 209 g/mol. The summed E-state index contributed by atoms with van der Waals surface area (Å²) in [5, 5.41) is 11.7. The summed E-state index contributed by atoms with van der Waals surface area (Å²) in [6.07, 6.45) is -4.01. The van der Waals surface area contributed by atoms with E-state index in [2.05, 4.69) is 10.3 Å². The minimum absolute atomic E-state index is 0.280. The Hall–Kier alpha value is -1.30. The molecule has 0 aliphatic carbocycles. The van der Waals surface area contributed by atoms with E-state index in [1.807, 2.05) is 0 Å². The number of anilines is 1. The summed E-state index contributed by atoms with van der Waals surface area (Å²) in [7, 11) is 0. The summed E-state index contributed by atoms with van der Waals surface area (Å²) in [5.74, 6) is 0.434. The van der Waals surface area contributed by atoms with Crippen LogP contribution in [0.1, 0.15) is 12.5 Å². The van der Waals surface area contributed by atoms with Crippen LogP contribution in [0.25, 0.3) is 0 Å². The molecule has 1 aromatic rings. The van der Waals surface area contributed by atoms with Crippen LogP contribution in [0.4, 0.5) is 19.0 Å². The van der Waals surface area contributed by atoms with Crippen LogP contribution >= 0.6 is 0 Å². The van der Waals surface area contributed by atoms with Crippen molar-refractivity contribution in [2.75, 3.05) is 11.9 Å². The Morgan fingerprint density at radius 3 is 2.53 bits per heavy atom. The topological polar surface area (TPSA) is 46.4 Å². The Morgan fingerprint density at radius 2 is 2.13 bits per heavy atom. The Morgan fingerprint density at radius 1 is 1.47 bits per heavy atom. The lowest BCUT2D eigenvalue weighted by Gasteiger charge is -2.05. The van der Waals surface area contributed by atoms with E-state index in [4.69, 9.17) is 5.11 Å². The SMILES string of the molecule is C[C@@H](O)CNc1ccc(C(F)(F)F)c[nH+]1. The van der Waals surface area contributed by atoms with Crippen molar-refractivity contribution in [3.05, 3.63) is 23.9 Å². The number of pyridine rings is 1. The lowest BCUT2D eigenvalue weighted by Crippen LogP contribution is -2.21. The number of nitrogens with one attached hydrogen (secondary N) is 2. The van der Waals surface area contributed by atoms with Gasteiger partial charge in [0.05, 0.1) is 11.7 Å². The summed E-state index contributed by atoms with van der Waals surface area (Å²) < 4.78 is 36.5. The highest BCUT2D eigenvalue weighted by Gasteiger charge is 2.31. The molecule has 15 heavy (non-hydrogen) atoms. The fraction of sp³-hybridized carbons (Fsp3) is 0.444. The highest BCUT2D eigenvalue weighted by molar-refractivity contribution is 5.29. The fourth-order valence-electron chi connectivity index (χ4n) is 0.969. The van der Waals surface area contributed by atoms with E-state index in [1.54, 1.807) is 6.92 Å². The number of halogens is 3. The minimum atomic E-state index is -4.33. The van der Waals surface area contributed by atoms with Crippen molar-refractivity contribution in [3.8, 4) is 0 Å². The van der Waals surface area contributed by atoms with Crippen LogP contribution in [0.2, 0.25) is 0 Å². The summed E-state index contributed by atoms with van der Waals surface area (Å²) in [4.78, 5) is 2.46. The summed E-state index contributed by atoms with van der Waals surface area (Å²) in [5.41, 5.74) is -0.731. The van der Waals surface area contributed by atoms with Crippen molar-refractivity contribution in [1.29, 1.82) is 0 Å². The predicted octanol–water partition coefficient (Wildman–Crippen LogP) is 1.31. The number of hydrogen-bond donors (Lipinski definition) is 2. The second-order valence-electron chi connectivity index (χ2n) is 3.22. The molecular formula is C9H12F3N2O+. The third-order valence-electron chi connectivity index (χ3n) is 1.73. The van der Waals surface area contributed by atoms with Crippen molar-refractivity contribution in [1.82, 2.24) is 0 Å². The van der Waals surface area contributed by atoms with Crippen LogP contribution in [-0.2, 0) is 6.18 Å². The Bertz CT molecular complexity index is 308. The third kappa shape index (κ3) is 3.75. The lowest BCUT2D eigenvalue weighted by molar-refractivity contribution is -0.364. The first kappa shape index (κ1) is 11.8. The number of hydrogen-bond acceptors (Lipinski definition) is 2. The number of H-pyrrole nitrogens is 1. The number of rotatable bonds is 3. The average molecular weight is 221 g/mol. The third-order valence-corrected chi connectivity index (χ3v) is 1.73. The van der Waals surface area contributed by atoms with Crippen LogP contribution in [-0.4, -0.2) is 17.8 Å². The van der Waals surface area contributed by atoms with Crippen LogP contribution in [0.5, 0.6) is 0 Å². The monoisotopic (exact) mass is 221 g/mol. The van der Waals surface area contributed by atoms with Gasteiger partial charge in [-0.1, -0.05) is 0 Å². The quantitative estimate of drug-likeness (QED) is 0.808. The van der Waals surface area contributed by atoms with Crippen molar-refractivity contribution in [3.63, 3.8) is 0 Å². The molecule has 0 saturated heterocycles. The van der Waals surface area contributed by atoms with Crippen molar-refractivity contribution < 1.29 is 23.3 Å². The lowest BCUT2D eigenvalue weighted by atomic mass is 10.3. The van der Waals surface area contributed by atoms with Gasteiger partial charge in [-0.3, -0.25) is 5.32 Å². The van der Waals surface area contributed by atoms with Crippen LogP contribution in [0.3, 0.4) is 0 Å². The van der Waals surface area contributed by atoms with Gasteiger partial charge in [0.1, 0.15) is 12.7 Å². The summed E-state index contributed by atoms with van der Waals surface area (Å²) in [6, 6.07) is 2.26. The number of aromatic nitrogens is 1. The molecule has 0 bridgehead atoms. The van der Waals surface area contributed by atoms with Gasteiger partial charge in [-0.2, -0.15) is 13.2 Å². The van der Waals surface area contributed by atoms with Gasteiger partial charge < -0.3 is 5.11 Å². The molecule has 0 fully saturated rings. The fourth-order valence-corrected chi connectivity index (χ4v) is 0.969. The Labute approximate surface area is 85.0 Å². The van der Waals surface area contributed by atoms with E-state index in [0.717, 1.165) is 12.3 Å². The average Bonchev–Trinajstić information content (AvgIpc) is 2.14. The van der Waals surface area contributed by atoms with Gasteiger partial charge in [0, 0.05) is 6.07 Å². The van der Waals surface area contributed by atoms with Gasteiger partial charge >= 0.3 is 6.18 Å². The summed E-state index contributed by atoms with van der Waals surface area (Å²) >= 11 is 0. The molecule has 0 radical (unpaired) electrons. The van der Waals surface area contributed by atoms with Crippen LogP contribution in [0.15, 0.2) is 18.3 Å². The second-order valence-corrected chi connectivity index (χ2v) is 3.22. The molecule has 1 heterocycles. The zero-order valence-corrected chi connectivity index (χ0v) is 8.10. The zero-order chi connectivity index (χ0) is 11.5. The molecule has 0 saturated carbocycles. The predicted molar refractivity (Wildman–Crippen MR) is 48.2 cm³/mol. The van der Waals surface area contributed by atoms with E-state index in [-0.39, 0.29) is 6.54 Å². The normalized spacial score (nSPS) is 13.7. The van der Waals surface area contributed by atoms with E-state index >= 15 is 0 Å². The van der Waals surface area contributed by atoms with E-state index in [1.165, 1.54) is 6.07 Å². The number of alkyl halides is 3. The first-order chi connectivity index (χ1) is 6.89. The highest BCUT2D eigenvalue weighted by Crippen LogP contribution is 2.27. The van der Waals surface area contributed by atoms with Crippen LogP contribution < -0.4 is 10.3 Å². The van der Waals surface area contributed by atoms with Crippen LogP contribution in [0, 0.1) is 0 Å².